The van der Waals surface area contributed by atoms with Crippen LogP contribution in [0.4, 0.5) is 15.9 Å². The fourth-order valence-electron chi connectivity index (χ4n) is 3.10. The number of hydrogen-bond donors (Lipinski definition) is 2. The first-order valence-electron chi connectivity index (χ1n) is 9.77. The Morgan fingerprint density at radius 2 is 1.77 bits per heavy atom. The minimum absolute atomic E-state index is 0.188. The number of rotatable bonds is 7. The maximum atomic E-state index is 13.2. The van der Waals surface area contributed by atoms with Gasteiger partial charge in [0, 0.05) is 48.6 Å². The number of nitrogens with one attached hydrogen (secondary N) is 1. The molecule has 0 unspecified atom stereocenters. The summed E-state index contributed by atoms with van der Waals surface area (Å²) in [6, 6.07) is 16.2. The second-order valence-electron chi connectivity index (χ2n) is 8.19. The van der Waals surface area contributed by atoms with Crippen LogP contribution in [0.3, 0.4) is 0 Å². The minimum Gasteiger partial charge on any atom is -0.398 e. The van der Waals surface area contributed by atoms with Gasteiger partial charge < -0.3 is 16.0 Å². The summed E-state index contributed by atoms with van der Waals surface area (Å²) in [5, 5.41) is 12.0. The molecule has 0 aliphatic rings. The third-order valence-corrected chi connectivity index (χ3v) is 5.20. The molecule has 3 aromatic rings. The number of anilines is 2. The Balaban J connectivity index is 1.73. The van der Waals surface area contributed by atoms with E-state index in [9.17, 15) is 4.39 Å². The van der Waals surface area contributed by atoms with E-state index < -0.39 is 0 Å². The van der Waals surface area contributed by atoms with Crippen molar-refractivity contribution in [3.05, 3.63) is 78.1 Å². The van der Waals surface area contributed by atoms with Crippen molar-refractivity contribution >= 4 is 17.2 Å². The van der Waals surface area contributed by atoms with E-state index in [1.807, 2.05) is 61.5 Å². The molecular formula is C24H28FN5. The summed E-state index contributed by atoms with van der Waals surface area (Å²) in [5.41, 5.74) is 11.0. The van der Waals surface area contributed by atoms with E-state index in [1.54, 1.807) is 0 Å². The van der Waals surface area contributed by atoms with Gasteiger partial charge in [-0.2, -0.15) is 0 Å². The molecule has 0 aliphatic heterocycles. The number of nitrogens with zero attached hydrogens (tertiary/aromatic N) is 3. The highest BCUT2D eigenvalue weighted by molar-refractivity contribution is 5.77. The predicted molar refractivity (Wildman–Crippen MR) is 123 cm³/mol. The first-order chi connectivity index (χ1) is 14.2. The van der Waals surface area contributed by atoms with Crippen molar-refractivity contribution < 1.29 is 4.39 Å². The van der Waals surface area contributed by atoms with Gasteiger partial charge in [0.15, 0.2) is 0 Å². The third kappa shape index (κ3) is 4.76. The Bertz CT molecular complexity index is 1020. The lowest BCUT2D eigenvalue weighted by molar-refractivity contribution is 0.552. The van der Waals surface area contributed by atoms with Crippen molar-refractivity contribution in [2.24, 2.45) is 0 Å². The van der Waals surface area contributed by atoms with Crippen molar-refractivity contribution in [3.8, 4) is 11.3 Å². The summed E-state index contributed by atoms with van der Waals surface area (Å²) in [5.74, 6) is 0.450. The Hall–Kier alpha value is -3.41. The van der Waals surface area contributed by atoms with E-state index in [2.05, 4.69) is 35.9 Å². The van der Waals surface area contributed by atoms with Gasteiger partial charge in [-0.1, -0.05) is 38.6 Å². The van der Waals surface area contributed by atoms with Crippen LogP contribution in [0, 0.1) is 5.82 Å². The number of nitrogen functional groups attached to an aromatic ring is 1. The van der Waals surface area contributed by atoms with Gasteiger partial charge in [-0.05, 0) is 42.0 Å². The van der Waals surface area contributed by atoms with Gasteiger partial charge in [-0.25, -0.2) is 4.39 Å². The van der Waals surface area contributed by atoms with E-state index in [1.165, 1.54) is 12.1 Å². The molecular weight excluding hydrogens is 377 g/mol. The van der Waals surface area contributed by atoms with E-state index >= 15 is 0 Å². The van der Waals surface area contributed by atoms with E-state index in [0.717, 1.165) is 28.1 Å². The minimum atomic E-state index is -0.232. The molecule has 0 saturated carbocycles. The van der Waals surface area contributed by atoms with Crippen LogP contribution in [-0.4, -0.2) is 35.7 Å². The molecule has 1 aromatic heterocycles. The molecule has 0 spiro atoms. The molecule has 5 nitrogen and oxygen atoms in total. The molecule has 6 heteroatoms. The van der Waals surface area contributed by atoms with Gasteiger partial charge in [-0.3, -0.25) is 0 Å². The van der Waals surface area contributed by atoms with Crippen molar-refractivity contribution in [1.82, 2.24) is 15.1 Å². The lowest BCUT2D eigenvalue weighted by atomic mass is 9.84. The number of aromatic nitrogens is 2. The largest absolute Gasteiger partial charge is 0.398 e. The number of nitrogens with two attached hydrogens (primary N) is 1. The molecule has 0 radical (unpaired) electrons. The molecule has 0 saturated heterocycles. The third-order valence-electron chi connectivity index (χ3n) is 5.20. The molecule has 0 aliphatic carbocycles. The topological polar surface area (TPSA) is 67.1 Å². The van der Waals surface area contributed by atoms with Gasteiger partial charge in [-0.15, -0.1) is 10.2 Å². The van der Waals surface area contributed by atoms with Crippen LogP contribution in [0.1, 0.15) is 25.0 Å². The second kappa shape index (κ2) is 8.53. The molecule has 0 atom stereocenters. The van der Waals surface area contributed by atoms with Gasteiger partial charge in [0.2, 0.25) is 0 Å². The zero-order valence-corrected chi connectivity index (χ0v) is 17.9. The van der Waals surface area contributed by atoms with Crippen molar-refractivity contribution in [2.75, 3.05) is 31.7 Å². The molecule has 0 fully saturated rings. The van der Waals surface area contributed by atoms with E-state index in [0.29, 0.717) is 18.1 Å². The second-order valence-corrected chi connectivity index (χ2v) is 8.19. The number of benzene rings is 2. The van der Waals surface area contributed by atoms with Gasteiger partial charge in [0.05, 0.1) is 5.69 Å². The number of halogens is 1. The van der Waals surface area contributed by atoms with Crippen LogP contribution >= 0.6 is 0 Å². The predicted octanol–water partition coefficient (Wildman–Crippen LogP) is 4.79. The molecule has 3 N–H and O–H groups in total. The first-order valence-corrected chi connectivity index (χ1v) is 9.77. The summed E-state index contributed by atoms with van der Waals surface area (Å²) in [4.78, 5) is 1.93. The lowest BCUT2D eigenvalue weighted by Gasteiger charge is -2.25. The number of hydrogen-bond acceptors (Lipinski definition) is 5. The molecule has 156 valence electrons. The first kappa shape index (κ1) is 21.3. The fourth-order valence-corrected chi connectivity index (χ4v) is 3.10. The van der Waals surface area contributed by atoms with Crippen LogP contribution in [0.5, 0.6) is 0 Å². The van der Waals surface area contributed by atoms with Gasteiger partial charge in [0.1, 0.15) is 11.6 Å². The van der Waals surface area contributed by atoms with Crippen LogP contribution < -0.4 is 11.1 Å². The Labute approximate surface area is 177 Å². The highest BCUT2D eigenvalue weighted by Crippen LogP contribution is 2.28. The molecule has 30 heavy (non-hydrogen) atoms. The quantitative estimate of drug-likeness (QED) is 0.554. The van der Waals surface area contributed by atoms with Crippen molar-refractivity contribution in [2.45, 2.75) is 19.3 Å². The van der Waals surface area contributed by atoms with Crippen molar-refractivity contribution in [1.29, 1.82) is 0 Å². The lowest BCUT2D eigenvalue weighted by Crippen LogP contribution is -2.28. The van der Waals surface area contributed by atoms with Crippen LogP contribution in [-0.2, 0) is 5.41 Å². The molecule has 1 heterocycles. The maximum absolute atomic E-state index is 13.2. The average Bonchev–Trinajstić information content (AvgIpc) is 2.73. The molecule has 0 bridgehead atoms. The van der Waals surface area contributed by atoms with Crippen LogP contribution in [0.25, 0.3) is 17.0 Å². The SMILES string of the molecule is C=C(c1cc(-c2ccc(NCC(C)(C)c3ccc(F)cc3)nn2)ccc1N)N(C)C. The Kier molecular flexibility index (Phi) is 6.06. The summed E-state index contributed by atoms with van der Waals surface area (Å²) >= 11 is 0. The van der Waals surface area contributed by atoms with Gasteiger partial charge >= 0.3 is 0 Å². The van der Waals surface area contributed by atoms with Crippen LogP contribution in [0.2, 0.25) is 0 Å². The highest BCUT2D eigenvalue weighted by Gasteiger charge is 2.20. The summed E-state index contributed by atoms with van der Waals surface area (Å²) in [7, 11) is 3.87. The summed E-state index contributed by atoms with van der Waals surface area (Å²) in [6.07, 6.45) is 0. The zero-order chi connectivity index (χ0) is 21.9. The smallest absolute Gasteiger partial charge is 0.148 e. The zero-order valence-electron chi connectivity index (χ0n) is 17.9. The monoisotopic (exact) mass is 405 g/mol. The summed E-state index contributed by atoms with van der Waals surface area (Å²) < 4.78 is 13.2. The van der Waals surface area contributed by atoms with Crippen LogP contribution in [0.15, 0.2) is 61.2 Å². The normalized spacial score (nSPS) is 11.2. The molecule has 2 aromatic carbocycles. The Morgan fingerprint density at radius 1 is 1.07 bits per heavy atom. The van der Waals surface area contributed by atoms with Crippen molar-refractivity contribution in [3.63, 3.8) is 0 Å². The molecule has 0 amide bonds. The average molecular weight is 406 g/mol. The van der Waals surface area contributed by atoms with E-state index in [4.69, 9.17) is 5.73 Å². The standard InChI is InChI=1S/C24H28FN5/c1-16(30(4)5)20-14-17(6-11-21(20)26)22-12-13-23(29-28-22)27-15-24(2,3)18-7-9-19(25)10-8-18/h6-14H,1,15,26H2,2-5H3,(H,27,29). The summed E-state index contributed by atoms with van der Waals surface area (Å²) in [6.45, 7) is 8.93. The van der Waals surface area contributed by atoms with Gasteiger partial charge in [0.25, 0.3) is 0 Å². The fraction of sp³-hybridized carbons (Fsp3) is 0.250. The highest BCUT2D eigenvalue weighted by atomic mass is 19.1. The Morgan fingerprint density at radius 3 is 2.37 bits per heavy atom. The van der Waals surface area contributed by atoms with E-state index in [-0.39, 0.29) is 11.2 Å². The maximum Gasteiger partial charge on any atom is 0.148 e. The molecule has 3 rings (SSSR count).